The minimum Gasteiger partial charge on any atom is -0.491 e. The van der Waals surface area contributed by atoms with Crippen LogP contribution in [-0.4, -0.2) is 99.1 Å². The molecule has 0 saturated heterocycles. The van der Waals surface area contributed by atoms with Crippen LogP contribution in [0.3, 0.4) is 0 Å². The number of hydrogen-bond donors (Lipinski definition) is 1. The highest BCUT2D eigenvalue weighted by Gasteiger charge is 2.30. The van der Waals surface area contributed by atoms with Crippen LogP contribution in [0.25, 0.3) is 0 Å². The van der Waals surface area contributed by atoms with Gasteiger partial charge in [-0.2, -0.15) is 0 Å². The number of carbonyl (C=O) groups is 3. The SMILES string of the molecule is CO[C@@H]1CN(C)C(=O)c2cc(NC(=O)c3ccccc3)ccc2OC[C@@H](C)N(C(=O)CN(C)C)C[C@H]1C. The maximum absolute atomic E-state index is 13.5. The molecule has 1 aliphatic rings. The molecule has 0 bridgehead atoms. The van der Waals surface area contributed by atoms with Crippen LogP contribution in [-0.2, 0) is 9.53 Å². The van der Waals surface area contributed by atoms with E-state index in [0.717, 1.165) is 0 Å². The van der Waals surface area contributed by atoms with Gasteiger partial charge in [-0.3, -0.25) is 14.4 Å². The molecule has 37 heavy (non-hydrogen) atoms. The van der Waals surface area contributed by atoms with E-state index in [9.17, 15) is 14.4 Å². The van der Waals surface area contributed by atoms with Crippen molar-refractivity contribution in [1.82, 2.24) is 14.7 Å². The molecule has 0 unspecified atom stereocenters. The smallest absolute Gasteiger partial charge is 0.257 e. The Morgan fingerprint density at radius 3 is 2.46 bits per heavy atom. The minimum atomic E-state index is -0.277. The number of fused-ring (bicyclic) bond motifs is 1. The fourth-order valence-corrected chi connectivity index (χ4v) is 4.36. The maximum atomic E-state index is 13.5. The predicted octanol–water partition coefficient (Wildman–Crippen LogP) is 2.83. The van der Waals surface area contributed by atoms with Crippen molar-refractivity contribution >= 4 is 23.4 Å². The summed E-state index contributed by atoms with van der Waals surface area (Å²) in [6.07, 6.45) is -0.277. The molecule has 1 aliphatic heterocycles. The summed E-state index contributed by atoms with van der Waals surface area (Å²) >= 11 is 0. The maximum Gasteiger partial charge on any atom is 0.257 e. The molecule has 0 saturated carbocycles. The highest BCUT2D eigenvalue weighted by molar-refractivity contribution is 6.05. The third-order valence-corrected chi connectivity index (χ3v) is 6.51. The van der Waals surface area contributed by atoms with Gasteiger partial charge < -0.3 is 29.5 Å². The minimum absolute atomic E-state index is 0.00323. The standard InChI is InChI=1S/C28H38N4O5/c1-19-15-32(26(33)17-30(3)4)20(2)18-37-24-13-12-22(29-27(34)21-10-8-7-9-11-21)14-23(24)28(35)31(5)16-25(19)36-6/h7-14,19-20,25H,15-18H2,1-6H3,(H,29,34)/t19-,20-,25-/m1/s1. The molecule has 2 aromatic carbocycles. The molecule has 2 aromatic rings. The lowest BCUT2D eigenvalue weighted by Gasteiger charge is -2.36. The van der Waals surface area contributed by atoms with Gasteiger partial charge in [-0.25, -0.2) is 0 Å². The zero-order valence-corrected chi connectivity index (χ0v) is 22.6. The van der Waals surface area contributed by atoms with Crippen molar-refractivity contribution in [3.63, 3.8) is 0 Å². The van der Waals surface area contributed by atoms with Crippen LogP contribution in [0.4, 0.5) is 5.69 Å². The molecule has 1 N–H and O–H groups in total. The van der Waals surface area contributed by atoms with Crippen molar-refractivity contribution in [2.24, 2.45) is 5.92 Å². The van der Waals surface area contributed by atoms with Crippen LogP contribution in [0.5, 0.6) is 5.75 Å². The molecule has 0 spiro atoms. The number of nitrogens with one attached hydrogen (secondary N) is 1. The number of methoxy groups -OCH3 is 1. The normalized spacial score (nSPS) is 20.9. The number of carbonyl (C=O) groups excluding carboxylic acids is 3. The van der Waals surface area contributed by atoms with Gasteiger partial charge in [0.1, 0.15) is 12.4 Å². The van der Waals surface area contributed by atoms with Gasteiger partial charge in [-0.1, -0.05) is 25.1 Å². The number of hydrogen-bond acceptors (Lipinski definition) is 6. The summed E-state index contributed by atoms with van der Waals surface area (Å²) in [5.41, 5.74) is 1.33. The molecule has 9 heteroatoms. The van der Waals surface area contributed by atoms with E-state index >= 15 is 0 Å². The van der Waals surface area contributed by atoms with Crippen LogP contribution in [0.2, 0.25) is 0 Å². The summed E-state index contributed by atoms with van der Waals surface area (Å²) < 4.78 is 11.9. The Balaban J connectivity index is 1.93. The second-order valence-electron chi connectivity index (χ2n) is 9.91. The van der Waals surface area contributed by atoms with E-state index in [1.807, 2.05) is 43.8 Å². The molecular formula is C28H38N4O5. The molecule has 3 amide bonds. The third-order valence-electron chi connectivity index (χ3n) is 6.51. The lowest BCUT2D eigenvalue weighted by atomic mass is 10.0. The Kier molecular flexibility index (Phi) is 9.66. The van der Waals surface area contributed by atoms with Gasteiger partial charge >= 0.3 is 0 Å². The number of amides is 3. The lowest BCUT2D eigenvalue weighted by molar-refractivity contribution is -0.136. The van der Waals surface area contributed by atoms with Crippen molar-refractivity contribution in [2.45, 2.75) is 26.0 Å². The van der Waals surface area contributed by atoms with E-state index in [2.05, 4.69) is 5.32 Å². The van der Waals surface area contributed by atoms with Crippen LogP contribution >= 0.6 is 0 Å². The number of benzene rings is 2. The molecule has 3 atom stereocenters. The number of likely N-dealkylation sites (N-methyl/N-ethyl adjacent to an activating group) is 2. The quantitative estimate of drug-likeness (QED) is 0.665. The van der Waals surface area contributed by atoms with Crippen molar-refractivity contribution in [1.29, 1.82) is 0 Å². The average Bonchev–Trinajstić information content (AvgIpc) is 2.88. The number of anilines is 1. The first-order valence-electron chi connectivity index (χ1n) is 12.5. The first kappa shape index (κ1) is 28.1. The second kappa shape index (κ2) is 12.7. The van der Waals surface area contributed by atoms with E-state index in [1.54, 1.807) is 61.5 Å². The first-order valence-corrected chi connectivity index (χ1v) is 12.5. The van der Waals surface area contributed by atoms with Crippen LogP contribution < -0.4 is 10.1 Å². The van der Waals surface area contributed by atoms with Crippen molar-refractivity contribution in [3.05, 3.63) is 59.7 Å². The average molecular weight is 511 g/mol. The Morgan fingerprint density at radius 1 is 1.11 bits per heavy atom. The van der Waals surface area contributed by atoms with Gasteiger partial charge in [-0.05, 0) is 51.4 Å². The van der Waals surface area contributed by atoms with E-state index in [-0.39, 0.29) is 48.9 Å². The molecule has 0 fully saturated rings. The zero-order chi connectivity index (χ0) is 27.1. The van der Waals surface area contributed by atoms with Gasteiger partial charge in [0.25, 0.3) is 11.8 Å². The zero-order valence-electron chi connectivity index (χ0n) is 22.6. The molecule has 0 aliphatic carbocycles. The summed E-state index contributed by atoms with van der Waals surface area (Å²) in [5.74, 6) is -0.141. The Labute approximate surface area is 219 Å². The van der Waals surface area contributed by atoms with E-state index in [4.69, 9.17) is 9.47 Å². The molecule has 9 nitrogen and oxygen atoms in total. The van der Waals surface area contributed by atoms with Crippen molar-refractivity contribution < 1.29 is 23.9 Å². The Hall–Kier alpha value is -3.43. The Bertz CT molecular complexity index is 1090. The summed E-state index contributed by atoms with van der Waals surface area (Å²) in [6.45, 7) is 5.27. The lowest BCUT2D eigenvalue weighted by Crippen LogP contribution is -2.50. The number of ether oxygens (including phenoxy) is 2. The fourth-order valence-electron chi connectivity index (χ4n) is 4.36. The molecule has 1 heterocycles. The molecular weight excluding hydrogens is 472 g/mol. The molecule has 3 rings (SSSR count). The molecule has 0 radical (unpaired) electrons. The second-order valence-corrected chi connectivity index (χ2v) is 9.91. The van der Waals surface area contributed by atoms with E-state index in [1.165, 1.54) is 0 Å². The number of nitrogens with zero attached hydrogens (tertiary/aromatic N) is 3. The van der Waals surface area contributed by atoms with Crippen LogP contribution in [0.15, 0.2) is 48.5 Å². The van der Waals surface area contributed by atoms with Gasteiger partial charge in [-0.15, -0.1) is 0 Å². The Morgan fingerprint density at radius 2 is 1.81 bits per heavy atom. The molecule has 0 aromatic heterocycles. The van der Waals surface area contributed by atoms with E-state index in [0.29, 0.717) is 35.7 Å². The molecule has 200 valence electrons. The summed E-state index contributed by atoms with van der Waals surface area (Å²) in [6, 6.07) is 13.7. The van der Waals surface area contributed by atoms with Gasteiger partial charge in [0.2, 0.25) is 5.91 Å². The fraction of sp³-hybridized carbons (Fsp3) is 0.464. The van der Waals surface area contributed by atoms with Gasteiger partial charge in [0.15, 0.2) is 0 Å². The highest BCUT2D eigenvalue weighted by atomic mass is 16.5. The summed E-state index contributed by atoms with van der Waals surface area (Å²) in [5, 5.41) is 2.86. The highest BCUT2D eigenvalue weighted by Crippen LogP contribution is 2.27. The predicted molar refractivity (Wildman–Crippen MR) is 143 cm³/mol. The van der Waals surface area contributed by atoms with Crippen LogP contribution in [0, 0.1) is 5.92 Å². The van der Waals surface area contributed by atoms with Gasteiger partial charge in [0, 0.05) is 44.4 Å². The topological polar surface area (TPSA) is 91.4 Å². The first-order chi connectivity index (χ1) is 17.6. The third kappa shape index (κ3) is 7.30. The van der Waals surface area contributed by atoms with Gasteiger partial charge in [0.05, 0.1) is 24.3 Å². The summed E-state index contributed by atoms with van der Waals surface area (Å²) in [4.78, 5) is 44.5. The summed E-state index contributed by atoms with van der Waals surface area (Å²) in [7, 11) is 7.06. The largest absolute Gasteiger partial charge is 0.491 e. The monoisotopic (exact) mass is 510 g/mol. The van der Waals surface area contributed by atoms with E-state index < -0.39 is 0 Å². The van der Waals surface area contributed by atoms with Crippen LogP contribution in [0.1, 0.15) is 34.6 Å². The van der Waals surface area contributed by atoms with Crippen molar-refractivity contribution in [3.8, 4) is 5.75 Å². The number of rotatable bonds is 5. The van der Waals surface area contributed by atoms with Crippen molar-refractivity contribution in [2.75, 3.05) is 59.8 Å².